The summed E-state index contributed by atoms with van der Waals surface area (Å²) in [5, 5.41) is 7.33. The number of nitrogens with two attached hydrogens (primary N) is 1. The summed E-state index contributed by atoms with van der Waals surface area (Å²) in [6, 6.07) is 0.0911. The third-order valence-electron chi connectivity index (χ3n) is 2.66. The second-order valence-corrected chi connectivity index (χ2v) is 7.49. The Kier molecular flexibility index (Phi) is 4.84. The molecule has 0 aromatic carbocycles. The lowest BCUT2D eigenvalue weighted by Gasteiger charge is -2.07. The topological polar surface area (TPSA) is 90.0 Å². The maximum atomic E-state index is 11.8. The summed E-state index contributed by atoms with van der Waals surface area (Å²) in [4.78, 5) is 0.102. The van der Waals surface area contributed by atoms with Crippen LogP contribution in [0.3, 0.4) is 0 Å². The van der Waals surface area contributed by atoms with Crippen LogP contribution >= 0.6 is 0 Å². The van der Waals surface area contributed by atoms with Gasteiger partial charge in [-0.2, -0.15) is 5.10 Å². The van der Waals surface area contributed by atoms with Crippen LogP contribution in [0, 0.1) is 5.92 Å². The van der Waals surface area contributed by atoms with E-state index in [1.165, 1.54) is 0 Å². The summed E-state index contributed by atoms with van der Waals surface area (Å²) in [7, 11) is -3.40. The molecule has 1 aromatic heterocycles. The molecule has 1 rings (SSSR count). The van der Waals surface area contributed by atoms with Crippen LogP contribution < -0.4 is 11.1 Å². The van der Waals surface area contributed by atoms with Gasteiger partial charge in [-0.25, -0.2) is 13.1 Å². The van der Waals surface area contributed by atoms with Crippen LogP contribution in [0.25, 0.3) is 0 Å². The van der Waals surface area contributed by atoms with Crippen molar-refractivity contribution in [2.75, 3.05) is 17.3 Å². The molecule has 0 unspecified atom stereocenters. The second kappa shape index (κ2) is 5.81. The molecule has 0 amide bonds. The van der Waals surface area contributed by atoms with E-state index in [1.807, 2.05) is 13.8 Å². The predicted octanol–water partition coefficient (Wildman–Crippen LogP) is 1.74. The summed E-state index contributed by atoms with van der Waals surface area (Å²) < 4.78 is 25.2. The average molecular weight is 288 g/mol. The Hall–Kier alpha value is -1.24. The zero-order valence-electron chi connectivity index (χ0n) is 12.3. The monoisotopic (exact) mass is 288 g/mol. The van der Waals surface area contributed by atoms with Crippen molar-refractivity contribution in [1.82, 2.24) is 9.78 Å². The summed E-state index contributed by atoms with van der Waals surface area (Å²) in [5.74, 6) is 1.07. The minimum Gasteiger partial charge on any atom is -0.383 e. The number of anilines is 2. The number of hydrogen-bond acceptors (Lipinski definition) is 5. The van der Waals surface area contributed by atoms with Crippen LogP contribution in [0.2, 0.25) is 0 Å². The number of hydrogen-bond donors (Lipinski definition) is 2. The highest BCUT2D eigenvalue weighted by Crippen LogP contribution is 2.28. The largest absolute Gasteiger partial charge is 0.383 e. The molecule has 19 heavy (non-hydrogen) atoms. The Balaban J connectivity index is 3.19. The van der Waals surface area contributed by atoms with E-state index in [9.17, 15) is 8.42 Å². The number of aromatic nitrogens is 2. The lowest BCUT2D eigenvalue weighted by Crippen LogP contribution is -2.13. The van der Waals surface area contributed by atoms with Crippen molar-refractivity contribution in [3.8, 4) is 0 Å². The van der Waals surface area contributed by atoms with Gasteiger partial charge in [0.2, 0.25) is 0 Å². The van der Waals surface area contributed by atoms with Gasteiger partial charge in [0.25, 0.3) is 0 Å². The smallest absolute Gasteiger partial charge is 0.182 e. The minimum atomic E-state index is -3.40. The van der Waals surface area contributed by atoms with Crippen molar-refractivity contribution in [3.63, 3.8) is 0 Å². The van der Waals surface area contributed by atoms with Gasteiger partial charge >= 0.3 is 0 Å². The molecule has 110 valence electrons. The van der Waals surface area contributed by atoms with E-state index >= 15 is 0 Å². The van der Waals surface area contributed by atoms with Gasteiger partial charge in [0, 0.05) is 18.8 Å². The number of sulfone groups is 1. The van der Waals surface area contributed by atoms with Gasteiger partial charge < -0.3 is 11.1 Å². The van der Waals surface area contributed by atoms with Crippen LogP contribution in [0.1, 0.15) is 34.1 Å². The van der Waals surface area contributed by atoms with Crippen LogP contribution in [0.4, 0.5) is 11.6 Å². The fraction of sp³-hybridized carbons (Fsp3) is 0.750. The molecule has 3 N–H and O–H groups in total. The lowest BCUT2D eigenvalue weighted by atomic mass is 10.1. The fourth-order valence-corrected chi connectivity index (χ4v) is 2.68. The first-order valence-corrected chi connectivity index (χ1v) is 8.35. The van der Waals surface area contributed by atoms with E-state index in [4.69, 9.17) is 5.73 Å². The zero-order chi connectivity index (χ0) is 14.8. The Bertz CT molecular complexity index is 532. The zero-order valence-corrected chi connectivity index (χ0v) is 13.1. The Morgan fingerprint density at radius 1 is 1.32 bits per heavy atom. The van der Waals surface area contributed by atoms with E-state index < -0.39 is 9.84 Å². The van der Waals surface area contributed by atoms with Crippen LogP contribution in [0.15, 0.2) is 4.90 Å². The molecule has 7 heteroatoms. The molecule has 1 aromatic rings. The quantitative estimate of drug-likeness (QED) is 0.832. The third-order valence-corrected chi connectivity index (χ3v) is 3.81. The summed E-state index contributed by atoms with van der Waals surface area (Å²) in [6.45, 7) is 8.67. The first-order valence-electron chi connectivity index (χ1n) is 6.45. The predicted molar refractivity (Wildman–Crippen MR) is 78.0 cm³/mol. The molecule has 0 aliphatic carbocycles. The summed E-state index contributed by atoms with van der Waals surface area (Å²) >= 11 is 0. The van der Waals surface area contributed by atoms with Crippen LogP contribution in [-0.2, 0) is 16.4 Å². The van der Waals surface area contributed by atoms with Gasteiger partial charge in [-0.3, -0.25) is 0 Å². The highest BCUT2D eigenvalue weighted by Gasteiger charge is 2.24. The Morgan fingerprint density at radius 3 is 2.32 bits per heavy atom. The first kappa shape index (κ1) is 15.8. The van der Waals surface area contributed by atoms with Crippen LogP contribution in [0.5, 0.6) is 0 Å². The molecular weight excluding hydrogens is 264 g/mol. The molecule has 0 fully saturated rings. The molecule has 0 radical (unpaired) electrons. The molecule has 0 saturated heterocycles. The molecule has 0 spiro atoms. The molecular formula is C12H24N4O2S. The van der Waals surface area contributed by atoms with Gasteiger partial charge in [0.15, 0.2) is 20.6 Å². The molecule has 0 bridgehead atoms. The van der Waals surface area contributed by atoms with Crippen molar-refractivity contribution in [3.05, 3.63) is 0 Å². The number of rotatable bonds is 6. The van der Waals surface area contributed by atoms with Crippen molar-refractivity contribution >= 4 is 21.5 Å². The van der Waals surface area contributed by atoms with Gasteiger partial charge in [-0.15, -0.1) is 0 Å². The Morgan fingerprint density at radius 2 is 1.89 bits per heavy atom. The average Bonchev–Trinajstić information content (AvgIpc) is 2.50. The Labute approximate surface area is 115 Å². The second-order valence-electron chi connectivity index (χ2n) is 5.54. The van der Waals surface area contributed by atoms with Crippen LogP contribution in [-0.4, -0.2) is 30.5 Å². The van der Waals surface area contributed by atoms with E-state index in [0.29, 0.717) is 18.3 Å². The maximum absolute atomic E-state index is 11.8. The molecule has 1 heterocycles. The summed E-state index contributed by atoms with van der Waals surface area (Å²) in [5.41, 5.74) is 5.93. The third kappa shape index (κ3) is 4.12. The van der Waals surface area contributed by atoms with Crippen molar-refractivity contribution in [2.45, 2.75) is 51.6 Å². The van der Waals surface area contributed by atoms with Gasteiger partial charge in [-0.1, -0.05) is 13.8 Å². The van der Waals surface area contributed by atoms with E-state index in [-0.39, 0.29) is 16.8 Å². The standard InChI is InChI=1S/C12H24N4O2S/c1-8(2)6-7-16-11(13)10(19(5,17)18)12(15-16)14-9(3)4/h8-9H,6-7,13H2,1-5H3,(H,14,15). The molecule has 0 saturated carbocycles. The van der Waals surface area contributed by atoms with E-state index in [2.05, 4.69) is 24.3 Å². The number of nitrogens with one attached hydrogen (secondary N) is 1. The highest BCUT2D eigenvalue weighted by molar-refractivity contribution is 7.91. The van der Waals surface area contributed by atoms with Gasteiger partial charge in [0.1, 0.15) is 5.82 Å². The normalized spacial score (nSPS) is 12.4. The molecule has 0 aliphatic rings. The summed E-state index contributed by atoms with van der Waals surface area (Å²) in [6.07, 6.45) is 2.05. The fourth-order valence-electron chi connectivity index (χ4n) is 1.74. The van der Waals surface area contributed by atoms with Crippen molar-refractivity contribution in [1.29, 1.82) is 0 Å². The van der Waals surface area contributed by atoms with Gasteiger partial charge in [0.05, 0.1) is 0 Å². The minimum absolute atomic E-state index is 0.0911. The number of nitrogens with zero attached hydrogens (tertiary/aromatic N) is 2. The number of nitrogen functional groups attached to an aromatic ring is 1. The van der Waals surface area contributed by atoms with Crippen molar-refractivity contribution < 1.29 is 8.42 Å². The molecule has 6 nitrogen and oxygen atoms in total. The molecule has 0 aliphatic heterocycles. The maximum Gasteiger partial charge on any atom is 0.182 e. The highest BCUT2D eigenvalue weighted by atomic mass is 32.2. The van der Waals surface area contributed by atoms with Crippen molar-refractivity contribution in [2.24, 2.45) is 5.92 Å². The number of aryl methyl sites for hydroxylation is 1. The first-order chi connectivity index (χ1) is 8.62. The SMILES string of the molecule is CC(C)CCn1nc(NC(C)C)c(S(C)(=O)=O)c1N. The lowest BCUT2D eigenvalue weighted by molar-refractivity contribution is 0.491. The van der Waals surface area contributed by atoms with E-state index in [1.54, 1.807) is 4.68 Å². The van der Waals surface area contributed by atoms with Gasteiger partial charge in [-0.05, 0) is 26.2 Å². The molecule has 0 atom stereocenters. The van der Waals surface area contributed by atoms with E-state index in [0.717, 1.165) is 12.7 Å².